The normalized spacial score (nSPS) is 19.3. The van der Waals surface area contributed by atoms with Crippen LogP contribution in [0.2, 0.25) is 5.02 Å². The second kappa shape index (κ2) is 7.13. The van der Waals surface area contributed by atoms with Crippen molar-refractivity contribution in [3.63, 3.8) is 0 Å². The summed E-state index contributed by atoms with van der Waals surface area (Å²) in [7, 11) is 0. The molecule has 2 fully saturated rings. The maximum Gasteiger partial charge on any atom is 0.416 e. The van der Waals surface area contributed by atoms with Gasteiger partial charge in [0.15, 0.2) is 0 Å². The van der Waals surface area contributed by atoms with Crippen LogP contribution in [0.4, 0.5) is 29.3 Å². The summed E-state index contributed by atoms with van der Waals surface area (Å²) in [6, 6.07) is 1.63. The minimum Gasteiger partial charge on any atom is -0.367 e. The number of hydrogen-bond acceptors (Lipinski definition) is 5. The first-order valence-corrected chi connectivity index (χ1v) is 9.01. The van der Waals surface area contributed by atoms with Gasteiger partial charge in [-0.25, -0.2) is 4.90 Å². The molecule has 2 amide bonds. The molecule has 3 rings (SSSR count). The Bertz CT molecular complexity index is 777. The van der Waals surface area contributed by atoms with Crippen molar-refractivity contribution in [1.82, 2.24) is 5.32 Å². The molecule has 2 aliphatic heterocycles. The van der Waals surface area contributed by atoms with Crippen molar-refractivity contribution in [3.8, 4) is 0 Å². The minimum absolute atomic E-state index is 0.0352. The number of amides is 2. The van der Waals surface area contributed by atoms with E-state index in [1.165, 1.54) is 0 Å². The fourth-order valence-electron chi connectivity index (χ4n) is 2.91. The zero-order valence-corrected chi connectivity index (χ0v) is 15.1. The second-order valence-corrected chi connectivity index (χ2v) is 7.30. The average Bonchev–Trinajstić information content (AvgIpc) is 2.73. The van der Waals surface area contributed by atoms with Gasteiger partial charge in [0.2, 0.25) is 0 Å². The molecule has 0 atom stereocenters. The third-order valence-electron chi connectivity index (χ3n) is 4.10. The van der Waals surface area contributed by atoms with Gasteiger partial charge in [-0.2, -0.15) is 13.2 Å². The molecule has 1 aromatic rings. The van der Waals surface area contributed by atoms with E-state index in [0.717, 1.165) is 30.0 Å². The summed E-state index contributed by atoms with van der Waals surface area (Å²) < 4.78 is 39.8. The number of imide groups is 1. The molecule has 0 saturated carbocycles. The molecule has 0 radical (unpaired) electrons. The molecule has 1 N–H and O–H groups in total. The average molecular weight is 406 g/mol. The summed E-state index contributed by atoms with van der Waals surface area (Å²) in [4.78, 5) is 27.0. The van der Waals surface area contributed by atoms with Crippen molar-refractivity contribution in [3.05, 3.63) is 34.2 Å². The van der Waals surface area contributed by atoms with Crippen LogP contribution in [0.25, 0.3) is 0 Å². The molecule has 2 aliphatic rings. The van der Waals surface area contributed by atoms with Crippen LogP contribution in [-0.4, -0.2) is 37.3 Å². The van der Waals surface area contributed by atoms with Crippen LogP contribution in [0.5, 0.6) is 0 Å². The number of benzene rings is 1. The number of carbonyl (C=O) groups is 2. The van der Waals surface area contributed by atoms with Crippen LogP contribution in [0.1, 0.15) is 12.0 Å². The minimum atomic E-state index is -4.66. The molecule has 26 heavy (non-hydrogen) atoms. The lowest BCUT2D eigenvalue weighted by molar-refractivity contribution is -0.137. The van der Waals surface area contributed by atoms with Crippen LogP contribution < -0.4 is 15.1 Å². The number of nitrogens with one attached hydrogen (secondary N) is 1. The van der Waals surface area contributed by atoms with Crippen LogP contribution in [0.15, 0.2) is 23.6 Å². The molecule has 10 heteroatoms. The van der Waals surface area contributed by atoms with Crippen molar-refractivity contribution in [2.45, 2.75) is 12.6 Å². The highest BCUT2D eigenvalue weighted by molar-refractivity contribution is 8.18. The maximum atomic E-state index is 13.3. The Balaban J connectivity index is 2.17. The second-order valence-electron chi connectivity index (χ2n) is 5.85. The van der Waals surface area contributed by atoms with Gasteiger partial charge in [-0.15, -0.1) is 0 Å². The molecule has 0 unspecified atom stereocenters. The number of rotatable bonds is 2. The predicted molar refractivity (Wildman–Crippen MR) is 95.8 cm³/mol. The fraction of sp³-hybridized carbons (Fsp3) is 0.375. The number of anilines is 2. The third kappa shape index (κ3) is 3.56. The topological polar surface area (TPSA) is 52.7 Å². The van der Waals surface area contributed by atoms with Crippen molar-refractivity contribution in [1.29, 1.82) is 0 Å². The van der Waals surface area contributed by atoms with E-state index in [1.807, 2.05) is 0 Å². The first kappa shape index (κ1) is 19.1. The molecule has 2 heterocycles. The van der Waals surface area contributed by atoms with Crippen LogP contribution in [0, 0.1) is 0 Å². The molecular formula is C16H15ClF3N3O2S. The summed E-state index contributed by atoms with van der Waals surface area (Å²) in [5.74, 6) is -0.732. The Morgan fingerprint density at radius 2 is 1.92 bits per heavy atom. The summed E-state index contributed by atoms with van der Waals surface area (Å²) in [6.45, 7) is 5.88. The van der Waals surface area contributed by atoms with E-state index in [9.17, 15) is 22.8 Å². The van der Waals surface area contributed by atoms with E-state index in [1.54, 1.807) is 4.90 Å². The number of halogens is 4. The monoisotopic (exact) mass is 405 g/mol. The van der Waals surface area contributed by atoms with Gasteiger partial charge in [-0.05, 0) is 36.9 Å². The Hall–Kier alpha value is -1.71. The van der Waals surface area contributed by atoms with Crippen LogP contribution >= 0.6 is 23.4 Å². The smallest absolute Gasteiger partial charge is 0.367 e. The molecule has 0 aliphatic carbocycles. The SMILES string of the molecule is C=C1SC(=O)N(c2cc(C(F)(F)F)cc(Cl)c2N2CCCNCC2)C1=O. The van der Waals surface area contributed by atoms with Crippen LogP contribution in [0.3, 0.4) is 0 Å². The van der Waals surface area contributed by atoms with Crippen molar-refractivity contribution in [2.75, 3.05) is 36.0 Å². The molecule has 0 aromatic heterocycles. The van der Waals surface area contributed by atoms with E-state index in [4.69, 9.17) is 11.6 Å². The molecule has 2 saturated heterocycles. The zero-order chi connectivity index (χ0) is 19.1. The maximum absolute atomic E-state index is 13.3. The number of hydrogen-bond donors (Lipinski definition) is 1. The summed E-state index contributed by atoms with van der Waals surface area (Å²) >= 11 is 6.79. The summed E-state index contributed by atoms with van der Waals surface area (Å²) in [6.07, 6.45) is -3.91. The zero-order valence-electron chi connectivity index (χ0n) is 13.5. The van der Waals surface area contributed by atoms with Crippen molar-refractivity contribution < 1.29 is 22.8 Å². The Morgan fingerprint density at radius 3 is 2.54 bits per heavy atom. The third-order valence-corrected chi connectivity index (χ3v) is 5.17. The Labute approximate surface area is 157 Å². The van der Waals surface area contributed by atoms with Gasteiger partial charge >= 0.3 is 6.18 Å². The summed E-state index contributed by atoms with van der Waals surface area (Å²) in [5, 5.41) is 2.34. The highest BCUT2D eigenvalue weighted by Gasteiger charge is 2.40. The molecule has 140 valence electrons. The molecule has 0 bridgehead atoms. The Morgan fingerprint density at radius 1 is 1.19 bits per heavy atom. The van der Waals surface area contributed by atoms with E-state index in [0.29, 0.717) is 31.4 Å². The van der Waals surface area contributed by atoms with E-state index < -0.39 is 22.9 Å². The van der Waals surface area contributed by atoms with Gasteiger partial charge in [0.25, 0.3) is 11.1 Å². The van der Waals surface area contributed by atoms with Crippen LogP contribution in [-0.2, 0) is 11.0 Å². The lowest BCUT2D eigenvalue weighted by Crippen LogP contribution is -2.33. The first-order valence-electron chi connectivity index (χ1n) is 7.81. The van der Waals surface area contributed by atoms with Gasteiger partial charge in [-0.1, -0.05) is 18.2 Å². The molecule has 5 nitrogen and oxygen atoms in total. The van der Waals surface area contributed by atoms with E-state index >= 15 is 0 Å². The number of nitrogens with zero attached hydrogens (tertiary/aromatic N) is 2. The first-order chi connectivity index (χ1) is 12.2. The van der Waals surface area contributed by atoms with Gasteiger partial charge in [0, 0.05) is 19.6 Å². The van der Waals surface area contributed by atoms with Gasteiger partial charge in [0.05, 0.1) is 26.9 Å². The lowest BCUT2D eigenvalue weighted by atomic mass is 10.1. The predicted octanol–water partition coefficient (Wildman–Crippen LogP) is 3.87. The number of alkyl halides is 3. The Kier molecular flexibility index (Phi) is 5.23. The van der Waals surface area contributed by atoms with Gasteiger partial charge in [0.1, 0.15) is 0 Å². The van der Waals surface area contributed by atoms with E-state index in [-0.39, 0.29) is 21.3 Å². The van der Waals surface area contributed by atoms with Gasteiger partial charge < -0.3 is 10.2 Å². The number of thioether (sulfide) groups is 1. The fourth-order valence-corrected chi connectivity index (χ4v) is 3.91. The molecule has 1 aromatic carbocycles. The standard InChI is InChI=1S/C16H15ClF3N3O2S/c1-9-14(24)23(15(25)26-9)12-8-10(16(18,19)20)7-11(17)13(12)22-5-2-3-21-4-6-22/h7-8,21H,1-6H2. The van der Waals surface area contributed by atoms with Crippen molar-refractivity contribution >= 4 is 45.9 Å². The quantitative estimate of drug-likeness (QED) is 0.757. The molecular weight excluding hydrogens is 391 g/mol. The van der Waals surface area contributed by atoms with Gasteiger partial charge in [-0.3, -0.25) is 9.59 Å². The molecule has 0 spiro atoms. The van der Waals surface area contributed by atoms with Crippen molar-refractivity contribution in [2.24, 2.45) is 0 Å². The number of carbonyl (C=O) groups excluding carboxylic acids is 2. The highest BCUT2D eigenvalue weighted by atomic mass is 35.5. The largest absolute Gasteiger partial charge is 0.416 e. The lowest BCUT2D eigenvalue weighted by Gasteiger charge is -2.29. The highest BCUT2D eigenvalue weighted by Crippen LogP contribution is 2.45. The van der Waals surface area contributed by atoms with E-state index in [2.05, 4.69) is 11.9 Å². The summed E-state index contributed by atoms with van der Waals surface area (Å²) in [5.41, 5.74) is -0.925.